The third kappa shape index (κ3) is 1.40. The summed E-state index contributed by atoms with van der Waals surface area (Å²) in [6.45, 7) is 0.525. The number of quaternary nitrogens is 1. The van der Waals surface area contributed by atoms with Crippen molar-refractivity contribution in [3.8, 4) is 0 Å². The number of hydrogen-bond acceptors (Lipinski definition) is 2. The molecule has 0 amide bonds. The van der Waals surface area contributed by atoms with Crippen LogP contribution in [-0.4, -0.2) is 34.9 Å². The first-order valence-electron chi connectivity index (χ1n) is 2.94. The molecule has 1 rings (SSSR count). The van der Waals surface area contributed by atoms with Gasteiger partial charge >= 0.3 is 5.97 Å². The van der Waals surface area contributed by atoms with E-state index in [0.29, 0.717) is 13.0 Å². The summed E-state index contributed by atoms with van der Waals surface area (Å²) in [5, 5.41) is 18.9. The molecule has 4 N–H and O–H groups in total. The second-order valence-corrected chi connectivity index (χ2v) is 2.31. The number of carboxylic acid groups (broad SMARTS) is 1. The number of aliphatic hydroxyl groups excluding tert-OH is 1. The van der Waals surface area contributed by atoms with Gasteiger partial charge in [0.25, 0.3) is 0 Å². The summed E-state index contributed by atoms with van der Waals surface area (Å²) in [6.07, 6.45) is -0.0406. The quantitative estimate of drug-likeness (QED) is 0.378. The van der Waals surface area contributed by atoms with Crippen molar-refractivity contribution in [2.24, 2.45) is 0 Å². The molecule has 1 fully saturated rings. The summed E-state index contributed by atoms with van der Waals surface area (Å²) in [5.74, 6) is -0.827. The largest absolute Gasteiger partial charge is 0.477 e. The molecule has 0 aromatic rings. The lowest BCUT2D eigenvalue weighted by Crippen LogP contribution is -2.88. The molecule has 52 valence electrons. The van der Waals surface area contributed by atoms with Gasteiger partial charge in [-0.3, -0.25) is 0 Å². The van der Waals surface area contributed by atoms with Crippen LogP contribution >= 0.6 is 0 Å². The Hall–Kier alpha value is -0.610. The Morgan fingerprint density at radius 2 is 2.33 bits per heavy atom. The van der Waals surface area contributed by atoms with Crippen molar-refractivity contribution in [1.82, 2.24) is 0 Å². The van der Waals surface area contributed by atoms with Crippen LogP contribution in [0.1, 0.15) is 6.42 Å². The smallest absolute Gasteiger partial charge is 0.362 e. The van der Waals surface area contributed by atoms with Gasteiger partial charge in [-0.2, -0.15) is 0 Å². The van der Waals surface area contributed by atoms with Crippen molar-refractivity contribution < 1.29 is 20.3 Å². The average Bonchev–Trinajstić information content (AvgIpc) is 2.14. The molecule has 1 aliphatic heterocycles. The first-order chi connectivity index (χ1) is 4.20. The van der Waals surface area contributed by atoms with Gasteiger partial charge in [-0.25, -0.2) is 4.79 Å². The van der Waals surface area contributed by atoms with Gasteiger partial charge in [0, 0.05) is 6.42 Å². The van der Waals surface area contributed by atoms with Crippen LogP contribution in [0.4, 0.5) is 0 Å². The number of rotatable bonds is 1. The number of hydrogen-bond donors (Lipinski definition) is 3. The highest BCUT2D eigenvalue weighted by Crippen LogP contribution is 1.97. The molecule has 0 unspecified atom stereocenters. The summed E-state index contributed by atoms with van der Waals surface area (Å²) in [5.41, 5.74) is 0. The van der Waals surface area contributed by atoms with E-state index < -0.39 is 18.1 Å². The fourth-order valence-electron chi connectivity index (χ4n) is 1.01. The van der Waals surface area contributed by atoms with Crippen molar-refractivity contribution in [2.45, 2.75) is 18.6 Å². The minimum absolute atomic E-state index is 0.384. The second kappa shape index (κ2) is 2.33. The molecule has 0 spiro atoms. The molecule has 9 heavy (non-hydrogen) atoms. The highest BCUT2D eigenvalue weighted by molar-refractivity contribution is 5.71. The van der Waals surface area contributed by atoms with E-state index in [4.69, 9.17) is 10.2 Å². The van der Waals surface area contributed by atoms with E-state index in [2.05, 4.69) is 0 Å². The highest BCUT2D eigenvalue weighted by Gasteiger charge is 2.31. The van der Waals surface area contributed by atoms with Crippen molar-refractivity contribution in [3.63, 3.8) is 0 Å². The molecule has 0 radical (unpaired) electrons. The predicted octanol–water partition coefficient (Wildman–Crippen LogP) is -2.23. The SMILES string of the molecule is O=C(O)[C@@H]1C[C@@H](O)C[NH2+]1. The Morgan fingerprint density at radius 3 is 2.56 bits per heavy atom. The number of carbonyl (C=O) groups is 1. The molecule has 4 nitrogen and oxygen atoms in total. The zero-order valence-corrected chi connectivity index (χ0v) is 4.95. The molecular formula is C5H10NO3+. The van der Waals surface area contributed by atoms with E-state index in [9.17, 15) is 4.79 Å². The van der Waals surface area contributed by atoms with E-state index >= 15 is 0 Å². The monoisotopic (exact) mass is 132 g/mol. The fourth-order valence-corrected chi connectivity index (χ4v) is 1.01. The summed E-state index contributed by atoms with van der Waals surface area (Å²) < 4.78 is 0. The van der Waals surface area contributed by atoms with Crippen molar-refractivity contribution in [1.29, 1.82) is 0 Å². The third-order valence-corrected chi connectivity index (χ3v) is 1.54. The van der Waals surface area contributed by atoms with Gasteiger partial charge in [-0.15, -0.1) is 0 Å². The van der Waals surface area contributed by atoms with Crippen LogP contribution in [0.15, 0.2) is 0 Å². The molecule has 2 atom stereocenters. The Morgan fingerprint density at radius 1 is 1.67 bits per heavy atom. The maximum Gasteiger partial charge on any atom is 0.362 e. The molecule has 1 saturated heterocycles. The van der Waals surface area contributed by atoms with Crippen LogP contribution in [0.3, 0.4) is 0 Å². The molecule has 0 aromatic carbocycles. The fraction of sp³-hybridized carbons (Fsp3) is 0.800. The van der Waals surface area contributed by atoms with Gasteiger partial charge in [0.2, 0.25) is 0 Å². The van der Waals surface area contributed by atoms with Crippen LogP contribution in [-0.2, 0) is 4.79 Å². The molecule has 0 aromatic heterocycles. The molecule has 4 heteroatoms. The van der Waals surface area contributed by atoms with E-state index in [1.807, 2.05) is 0 Å². The molecular weight excluding hydrogens is 122 g/mol. The van der Waals surface area contributed by atoms with Crippen LogP contribution in [0.25, 0.3) is 0 Å². The van der Waals surface area contributed by atoms with E-state index in [1.165, 1.54) is 0 Å². The summed E-state index contributed by atoms with van der Waals surface area (Å²) in [7, 11) is 0. The van der Waals surface area contributed by atoms with Crippen LogP contribution in [0, 0.1) is 0 Å². The lowest BCUT2D eigenvalue weighted by Gasteiger charge is -1.96. The Labute approximate surface area is 52.5 Å². The topological polar surface area (TPSA) is 74.1 Å². The van der Waals surface area contributed by atoms with E-state index in [1.54, 1.807) is 5.32 Å². The molecule has 0 saturated carbocycles. The summed E-state index contributed by atoms with van der Waals surface area (Å²) in [4.78, 5) is 10.2. The average molecular weight is 132 g/mol. The Bertz CT molecular complexity index is 125. The van der Waals surface area contributed by atoms with E-state index in [-0.39, 0.29) is 0 Å². The van der Waals surface area contributed by atoms with Gasteiger partial charge in [-0.05, 0) is 0 Å². The number of aliphatic carboxylic acids is 1. The van der Waals surface area contributed by atoms with Crippen LogP contribution < -0.4 is 5.32 Å². The minimum Gasteiger partial charge on any atom is -0.477 e. The summed E-state index contributed by atoms with van der Waals surface area (Å²) in [6, 6.07) is -0.417. The van der Waals surface area contributed by atoms with Crippen molar-refractivity contribution >= 4 is 5.97 Å². The molecule has 0 bridgehead atoms. The van der Waals surface area contributed by atoms with Gasteiger partial charge < -0.3 is 15.5 Å². The van der Waals surface area contributed by atoms with Gasteiger partial charge in [0.1, 0.15) is 12.6 Å². The highest BCUT2D eigenvalue weighted by atomic mass is 16.4. The number of nitrogens with two attached hydrogens (primary N) is 1. The van der Waals surface area contributed by atoms with Crippen molar-refractivity contribution in [3.05, 3.63) is 0 Å². The third-order valence-electron chi connectivity index (χ3n) is 1.54. The number of carboxylic acids is 1. The Balaban J connectivity index is 2.39. The lowest BCUT2D eigenvalue weighted by atomic mass is 10.2. The minimum atomic E-state index is -0.827. The molecule has 0 aliphatic carbocycles. The van der Waals surface area contributed by atoms with Gasteiger partial charge in [0.15, 0.2) is 6.04 Å². The van der Waals surface area contributed by atoms with Crippen molar-refractivity contribution in [2.75, 3.05) is 6.54 Å². The standard InChI is InChI=1S/C5H9NO3/c7-3-1-4(5(8)9)6-2-3/h3-4,6-7H,1-2H2,(H,8,9)/p+1/t3-,4+/m1/s1. The summed E-state index contributed by atoms with van der Waals surface area (Å²) >= 11 is 0. The maximum atomic E-state index is 10.2. The lowest BCUT2D eigenvalue weighted by molar-refractivity contribution is -0.661. The molecule has 1 heterocycles. The zero-order chi connectivity index (χ0) is 6.85. The van der Waals surface area contributed by atoms with Gasteiger partial charge in [-0.1, -0.05) is 0 Å². The van der Waals surface area contributed by atoms with E-state index in [0.717, 1.165) is 0 Å². The zero-order valence-electron chi connectivity index (χ0n) is 4.95. The normalized spacial score (nSPS) is 34.8. The first kappa shape index (κ1) is 6.51. The Kier molecular flexibility index (Phi) is 1.68. The molecule has 1 aliphatic rings. The van der Waals surface area contributed by atoms with Crippen LogP contribution in [0.2, 0.25) is 0 Å². The number of aliphatic hydroxyl groups is 1. The van der Waals surface area contributed by atoms with Gasteiger partial charge in [0.05, 0.1) is 0 Å². The van der Waals surface area contributed by atoms with Crippen LogP contribution in [0.5, 0.6) is 0 Å². The predicted molar refractivity (Wildman–Crippen MR) is 28.8 cm³/mol. The second-order valence-electron chi connectivity index (χ2n) is 2.31. The first-order valence-corrected chi connectivity index (χ1v) is 2.94. The maximum absolute atomic E-state index is 10.2.